The minimum Gasteiger partial charge on any atom is -0.508 e. The van der Waals surface area contributed by atoms with E-state index in [0.29, 0.717) is 17.8 Å². The number of anilines is 1. The molecule has 110 valence electrons. The van der Waals surface area contributed by atoms with Crippen LogP contribution in [0.2, 0.25) is 0 Å². The Kier molecular flexibility index (Phi) is 4.13. The number of aromatic hydroxyl groups is 1. The molecule has 0 saturated carbocycles. The maximum absolute atomic E-state index is 9.63. The lowest BCUT2D eigenvalue weighted by Crippen LogP contribution is -2.54. The smallest absolute Gasteiger partial charge is 0.117 e. The fourth-order valence-corrected chi connectivity index (χ4v) is 3.48. The van der Waals surface area contributed by atoms with Crippen molar-refractivity contribution >= 4 is 5.69 Å². The molecule has 2 atom stereocenters. The molecule has 20 heavy (non-hydrogen) atoms. The van der Waals surface area contributed by atoms with E-state index in [4.69, 9.17) is 0 Å². The second-order valence-corrected chi connectivity index (χ2v) is 6.12. The number of phenolic OH excluding ortho intramolecular Hbond substituents is 1. The Hall–Kier alpha value is -1.26. The van der Waals surface area contributed by atoms with Gasteiger partial charge in [-0.05, 0) is 38.4 Å². The van der Waals surface area contributed by atoms with Crippen molar-refractivity contribution in [1.29, 1.82) is 0 Å². The average Bonchev–Trinajstić information content (AvgIpc) is 2.92. The molecule has 2 fully saturated rings. The first-order valence-corrected chi connectivity index (χ1v) is 7.74. The molecule has 1 aromatic rings. The van der Waals surface area contributed by atoms with Gasteiger partial charge in [-0.25, -0.2) is 0 Å². The van der Waals surface area contributed by atoms with Crippen LogP contribution >= 0.6 is 0 Å². The van der Waals surface area contributed by atoms with Crippen molar-refractivity contribution < 1.29 is 5.11 Å². The molecule has 0 aromatic heterocycles. The maximum atomic E-state index is 9.63. The summed E-state index contributed by atoms with van der Waals surface area (Å²) in [5.74, 6) is 0.354. The molecule has 3 rings (SSSR count). The van der Waals surface area contributed by atoms with Crippen LogP contribution in [0.15, 0.2) is 24.3 Å². The van der Waals surface area contributed by atoms with Gasteiger partial charge in [-0.1, -0.05) is 6.07 Å². The summed E-state index contributed by atoms with van der Waals surface area (Å²) in [7, 11) is 0. The molecule has 2 aliphatic rings. The highest BCUT2D eigenvalue weighted by molar-refractivity contribution is 5.51. The topological polar surface area (TPSA) is 38.7 Å². The Morgan fingerprint density at radius 2 is 2.25 bits per heavy atom. The summed E-state index contributed by atoms with van der Waals surface area (Å²) in [5, 5.41) is 13.2. The first-order chi connectivity index (χ1) is 9.72. The largest absolute Gasteiger partial charge is 0.508 e. The van der Waals surface area contributed by atoms with Gasteiger partial charge in [0.25, 0.3) is 0 Å². The van der Waals surface area contributed by atoms with E-state index in [-0.39, 0.29) is 0 Å². The van der Waals surface area contributed by atoms with E-state index in [0.717, 1.165) is 25.3 Å². The number of piperazine rings is 1. The van der Waals surface area contributed by atoms with Gasteiger partial charge in [0.2, 0.25) is 0 Å². The number of benzene rings is 1. The number of hydrogen-bond donors (Lipinski definition) is 2. The number of phenols is 1. The zero-order valence-electron chi connectivity index (χ0n) is 12.3. The van der Waals surface area contributed by atoms with Crippen LogP contribution in [0.5, 0.6) is 5.75 Å². The monoisotopic (exact) mass is 275 g/mol. The number of rotatable bonds is 3. The molecular formula is C16H25N3O. The van der Waals surface area contributed by atoms with Crippen LogP contribution in [0.1, 0.15) is 19.8 Å². The van der Waals surface area contributed by atoms with E-state index in [2.05, 4.69) is 28.1 Å². The Bertz CT molecular complexity index is 445. The standard InChI is InChI=1S/C16H25N3O/c1-13-11-18(12-14-4-3-7-17-14)8-9-19(13)15-5-2-6-16(20)10-15/h2,5-6,10,13-14,17,20H,3-4,7-9,11-12H2,1H3. The van der Waals surface area contributed by atoms with Crippen LogP contribution in [0.3, 0.4) is 0 Å². The number of nitrogens with zero attached hydrogens (tertiary/aromatic N) is 2. The van der Waals surface area contributed by atoms with Crippen molar-refractivity contribution in [2.75, 3.05) is 37.6 Å². The van der Waals surface area contributed by atoms with E-state index in [1.165, 1.54) is 25.9 Å². The lowest BCUT2D eigenvalue weighted by molar-refractivity contribution is 0.211. The highest BCUT2D eigenvalue weighted by Gasteiger charge is 2.26. The van der Waals surface area contributed by atoms with Crippen molar-refractivity contribution in [3.05, 3.63) is 24.3 Å². The molecule has 0 spiro atoms. The van der Waals surface area contributed by atoms with E-state index in [9.17, 15) is 5.11 Å². The van der Waals surface area contributed by atoms with Gasteiger partial charge in [0.15, 0.2) is 0 Å². The van der Waals surface area contributed by atoms with Crippen LogP contribution in [-0.2, 0) is 0 Å². The molecule has 2 heterocycles. The number of hydrogen-bond acceptors (Lipinski definition) is 4. The quantitative estimate of drug-likeness (QED) is 0.880. The number of nitrogens with one attached hydrogen (secondary N) is 1. The van der Waals surface area contributed by atoms with Crippen LogP contribution < -0.4 is 10.2 Å². The van der Waals surface area contributed by atoms with Crippen LogP contribution in [0.4, 0.5) is 5.69 Å². The van der Waals surface area contributed by atoms with Crippen LogP contribution in [0, 0.1) is 0 Å². The SMILES string of the molecule is CC1CN(CC2CCCN2)CCN1c1cccc(O)c1. The van der Waals surface area contributed by atoms with Crippen molar-refractivity contribution in [1.82, 2.24) is 10.2 Å². The normalized spacial score (nSPS) is 27.9. The molecule has 2 aliphatic heterocycles. The predicted molar refractivity (Wildman–Crippen MR) is 82.4 cm³/mol. The molecule has 4 nitrogen and oxygen atoms in total. The summed E-state index contributed by atoms with van der Waals surface area (Å²) < 4.78 is 0. The Morgan fingerprint density at radius 1 is 1.35 bits per heavy atom. The van der Waals surface area contributed by atoms with Crippen LogP contribution in [0.25, 0.3) is 0 Å². The summed E-state index contributed by atoms with van der Waals surface area (Å²) in [5.41, 5.74) is 1.14. The second-order valence-electron chi connectivity index (χ2n) is 6.12. The lowest BCUT2D eigenvalue weighted by Gasteiger charge is -2.42. The zero-order chi connectivity index (χ0) is 13.9. The Labute approximate surface area is 121 Å². The fraction of sp³-hybridized carbons (Fsp3) is 0.625. The van der Waals surface area contributed by atoms with Crippen LogP contribution in [-0.4, -0.2) is 54.8 Å². The molecule has 4 heteroatoms. The first-order valence-electron chi connectivity index (χ1n) is 7.74. The molecule has 0 bridgehead atoms. The van der Waals surface area contributed by atoms with Crippen molar-refractivity contribution in [3.8, 4) is 5.75 Å². The van der Waals surface area contributed by atoms with Crippen molar-refractivity contribution in [2.45, 2.75) is 31.8 Å². The highest BCUT2D eigenvalue weighted by Crippen LogP contribution is 2.24. The third kappa shape index (κ3) is 3.07. The van der Waals surface area contributed by atoms with Gasteiger partial charge in [-0.3, -0.25) is 4.90 Å². The van der Waals surface area contributed by atoms with Gasteiger partial charge in [-0.2, -0.15) is 0 Å². The molecule has 0 amide bonds. The van der Waals surface area contributed by atoms with E-state index >= 15 is 0 Å². The fourth-order valence-electron chi connectivity index (χ4n) is 3.48. The average molecular weight is 275 g/mol. The minimum atomic E-state index is 0.354. The van der Waals surface area contributed by atoms with Gasteiger partial charge in [0, 0.05) is 50.0 Å². The van der Waals surface area contributed by atoms with Gasteiger partial charge in [0.1, 0.15) is 5.75 Å². The highest BCUT2D eigenvalue weighted by atomic mass is 16.3. The zero-order valence-corrected chi connectivity index (χ0v) is 12.3. The summed E-state index contributed by atoms with van der Waals surface area (Å²) in [6.45, 7) is 7.89. The van der Waals surface area contributed by atoms with Gasteiger partial charge in [0.05, 0.1) is 0 Å². The molecule has 2 unspecified atom stereocenters. The van der Waals surface area contributed by atoms with E-state index in [1.54, 1.807) is 6.07 Å². The van der Waals surface area contributed by atoms with E-state index < -0.39 is 0 Å². The maximum Gasteiger partial charge on any atom is 0.117 e. The third-order valence-corrected chi connectivity index (χ3v) is 4.51. The summed E-state index contributed by atoms with van der Waals surface area (Å²) in [6.07, 6.45) is 2.64. The van der Waals surface area contributed by atoms with Gasteiger partial charge in [-0.15, -0.1) is 0 Å². The lowest BCUT2D eigenvalue weighted by atomic mass is 10.1. The predicted octanol–water partition coefficient (Wildman–Crippen LogP) is 1.65. The molecule has 0 radical (unpaired) electrons. The van der Waals surface area contributed by atoms with Gasteiger partial charge >= 0.3 is 0 Å². The summed E-state index contributed by atoms with van der Waals surface area (Å²) >= 11 is 0. The van der Waals surface area contributed by atoms with Gasteiger partial charge < -0.3 is 15.3 Å². The van der Waals surface area contributed by atoms with Crippen molar-refractivity contribution in [3.63, 3.8) is 0 Å². The summed E-state index contributed by atoms with van der Waals surface area (Å²) in [6, 6.07) is 8.79. The Morgan fingerprint density at radius 3 is 2.95 bits per heavy atom. The molecular weight excluding hydrogens is 250 g/mol. The second kappa shape index (κ2) is 6.02. The molecule has 1 aromatic carbocycles. The first kappa shape index (κ1) is 13.7. The Balaban J connectivity index is 1.59. The van der Waals surface area contributed by atoms with E-state index in [1.807, 2.05) is 12.1 Å². The molecule has 0 aliphatic carbocycles. The third-order valence-electron chi connectivity index (χ3n) is 4.51. The molecule has 2 saturated heterocycles. The van der Waals surface area contributed by atoms with Crippen molar-refractivity contribution in [2.24, 2.45) is 0 Å². The molecule has 2 N–H and O–H groups in total. The summed E-state index contributed by atoms with van der Waals surface area (Å²) in [4.78, 5) is 4.98. The minimum absolute atomic E-state index is 0.354.